The van der Waals surface area contributed by atoms with Crippen molar-refractivity contribution < 1.29 is 14.4 Å². The summed E-state index contributed by atoms with van der Waals surface area (Å²) in [6.45, 7) is 3.60. The fraction of sp³-hybridized carbons (Fsp3) is 0.750. The van der Waals surface area contributed by atoms with Crippen molar-refractivity contribution in [2.75, 3.05) is 26.2 Å². The van der Waals surface area contributed by atoms with Crippen molar-refractivity contribution in [1.82, 2.24) is 15.5 Å². The highest BCUT2D eigenvalue weighted by atomic mass is 16.2. The second-order valence-electron chi connectivity index (χ2n) is 5.03. The molecule has 2 aliphatic rings. The zero-order chi connectivity index (χ0) is 13.1. The van der Waals surface area contributed by atoms with Gasteiger partial charge in [-0.25, -0.2) is 0 Å². The SMILES string of the molecule is CC1CC1C(=O)NCCC(=O)N1CCNC(=O)C1. The van der Waals surface area contributed by atoms with E-state index in [-0.39, 0.29) is 36.6 Å². The van der Waals surface area contributed by atoms with Gasteiger partial charge in [0.15, 0.2) is 0 Å². The third kappa shape index (κ3) is 3.21. The van der Waals surface area contributed by atoms with Crippen LogP contribution >= 0.6 is 0 Å². The van der Waals surface area contributed by atoms with E-state index < -0.39 is 0 Å². The van der Waals surface area contributed by atoms with Gasteiger partial charge >= 0.3 is 0 Å². The predicted molar refractivity (Wildman–Crippen MR) is 64.5 cm³/mol. The van der Waals surface area contributed by atoms with Gasteiger partial charge in [0, 0.05) is 32.0 Å². The summed E-state index contributed by atoms with van der Waals surface area (Å²) in [4.78, 5) is 35.9. The molecule has 1 saturated carbocycles. The standard InChI is InChI=1S/C12H19N3O3/c1-8-6-9(8)12(18)14-3-2-11(17)15-5-4-13-10(16)7-15/h8-9H,2-7H2,1H3,(H,13,16)(H,14,18). The highest BCUT2D eigenvalue weighted by molar-refractivity contribution is 5.86. The van der Waals surface area contributed by atoms with Crippen molar-refractivity contribution in [3.05, 3.63) is 0 Å². The number of carbonyl (C=O) groups is 3. The normalized spacial score (nSPS) is 26.5. The Labute approximate surface area is 106 Å². The van der Waals surface area contributed by atoms with Gasteiger partial charge in [0.2, 0.25) is 17.7 Å². The van der Waals surface area contributed by atoms with E-state index in [9.17, 15) is 14.4 Å². The molecule has 6 nitrogen and oxygen atoms in total. The van der Waals surface area contributed by atoms with Crippen molar-refractivity contribution >= 4 is 17.7 Å². The molecule has 2 fully saturated rings. The maximum absolute atomic E-state index is 11.8. The van der Waals surface area contributed by atoms with Gasteiger partial charge in [-0.2, -0.15) is 0 Å². The number of hydrogen-bond donors (Lipinski definition) is 2. The molecule has 1 aliphatic heterocycles. The topological polar surface area (TPSA) is 78.5 Å². The molecule has 0 aromatic heterocycles. The molecule has 100 valence electrons. The summed E-state index contributed by atoms with van der Waals surface area (Å²) in [5, 5.41) is 5.44. The molecule has 1 heterocycles. The Morgan fingerprint density at radius 1 is 1.50 bits per heavy atom. The lowest BCUT2D eigenvalue weighted by Gasteiger charge is -2.26. The molecule has 2 N–H and O–H groups in total. The number of nitrogens with one attached hydrogen (secondary N) is 2. The van der Waals surface area contributed by atoms with E-state index in [1.807, 2.05) is 6.92 Å². The lowest BCUT2D eigenvalue weighted by atomic mass is 10.3. The number of piperazine rings is 1. The summed E-state index contributed by atoms with van der Waals surface area (Å²) in [6, 6.07) is 0. The Morgan fingerprint density at radius 2 is 2.22 bits per heavy atom. The van der Waals surface area contributed by atoms with Crippen LogP contribution in [-0.4, -0.2) is 48.8 Å². The minimum atomic E-state index is -0.120. The Hall–Kier alpha value is -1.59. The van der Waals surface area contributed by atoms with Crippen LogP contribution in [0.1, 0.15) is 19.8 Å². The fourth-order valence-corrected chi connectivity index (χ4v) is 2.12. The minimum Gasteiger partial charge on any atom is -0.355 e. The van der Waals surface area contributed by atoms with Gasteiger partial charge in [-0.05, 0) is 12.3 Å². The van der Waals surface area contributed by atoms with Crippen molar-refractivity contribution in [2.45, 2.75) is 19.8 Å². The van der Waals surface area contributed by atoms with Crippen molar-refractivity contribution in [1.29, 1.82) is 0 Å². The number of amides is 3. The predicted octanol–water partition coefficient (Wildman–Crippen LogP) is -0.893. The molecule has 2 rings (SSSR count). The molecule has 2 unspecified atom stereocenters. The molecule has 1 saturated heterocycles. The fourth-order valence-electron chi connectivity index (χ4n) is 2.12. The molecular formula is C12H19N3O3. The van der Waals surface area contributed by atoms with E-state index in [2.05, 4.69) is 10.6 Å². The number of nitrogens with zero attached hydrogens (tertiary/aromatic N) is 1. The Kier molecular flexibility index (Phi) is 3.84. The van der Waals surface area contributed by atoms with Crippen molar-refractivity contribution in [3.63, 3.8) is 0 Å². The van der Waals surface area contributed by atoms with Gasteiger partial charge in [0.05, 0.1) is 6.54 Å². The average molecular weight is 253 g/mol. The summed E-state index contributed by atoms with van der Waals surface area (Å²) >= 11 is 0. The van der Waals surface area contributed by atoms with Crippen LogP contribution in [0.4, 0.5) is 0 Å². The van der Waals surface area contributed by atoms with E-state index >= 15 is 0 Å². The zero-order valence-corrected chi connectivity index (χ0v) is 10.6. The van der Waals surface area contributed by atoms with Gasteiger partial charge in [-0.1, -0.05) is 6.92 Å². The summed E-state index contributed by atoms with van der Waals surface area (Å²) < 4.78 is 0. The first-order chi connectivity index (χ1) is 8.58. The summed E-state index contributed by atoms with van der Waals surface area (Å²) in [5.74, 6) is 0.471. The summed E-state index contributed by atoms with van der Waals surface area (Å²) in [7, 11) is 0. The Morgan fingerprint density at radius 3 is 2.83 bits per heavy atom. The van der Waals surface area contributed by atoms with Gasteiger partial charge in [0.1, 0.15) is 0 Å². The van der Waals surface area contributed by atoms with Crippen LogP contribution in [0.15, 0.2) is 0 Å². The third-order valence-corrected chi connectivity index (χ3v) is 3.48. The lowest BCUT2D eigenvalue weighted by Crippen LogP contribution is -2.50. The quantitative estimate of drug-likeness (QED) is 0.682. The lowest BCUT2D eigenvalue weighted by molar-refractivity contribution is -0.138. The molecule has 3 amide bonds. The molecule has 0 aromatic carbocycles. The van der Waals surface area contributed by atoms with Crippen LogP contribution in [0, 0.1) is 11.8 Å². The van der Waals surface area contributed by atoms with Gasteiger partial charge < -0.3 is 15.5 Å². The largest absolute Gasteiger partial charge is 0.355 e. The van der Waals surface area contributed by atoms with Crippen molar-refractivity contribution in [2.24, 2.45) is 11.8 Å². The Balaban J connectivity index is 1.65. The highest BCUT2D eigenvalue weighted by Crippen LogP contribution is 2.37. The molecule has 0 spiro atoms. The molecule has 6 heteroatoms. The van der Waals surface area contributed by atoms with E-state index in [1.165, 1.54) is 4.90 Å². The molecule has 0 radical (unpaired) electrons. The van der Waals surface area contributed by atoms with E-state index in [0.29, 0.717) is 25.6 Å². The first-order valence-electron chi connectivity index (χ1n) is 6.40. The average Bonchev–Trinajstić information content (AvgIpc) is 3.06. The molecule has 1 aliphatic carbocycles. The first kappa shape index (κ1) is 12.9. The second kappa shape index (κ2) is 5.37. The van der Waals surface area contributed by atoms with Gasteiger partial charge in [0.25, 0.3) is 0 Å². The first-order valence-corrected chi connectivity index (χ1v) is 6.40. The van der Waals surface area contributed by atoms with Crippen LogP contribution < -0.4 is 10.6 Å². The van der Waals surface area contributed by atoms with Gasteiger partial charge in [-0.15, -0.1) is 0 Å². The van der Waals surface area contributed by atoms with E-state index in [4.69, 9.17) is 0 Å². The van der Waals surface area contributed by atoms with E-state index in [0.717, 1.165) is 6.42 Å². The number of hydrogen-bond acceptors (Lipinski definition) is 3. The second-order valence-corrected chi connectivity index (χ2v) is 5.03. The molecule has 0 aromatic rings. The zero-order valence-electron chi connectivity index (χ0n) is 10.6. The van der Waals surface area contributed by atoms with Gasteiger partial charge in [-0.3, -0.25) is 14.4 Å². The smallest absolute Gasteiger partial charge is 0.239 e. The number of rotatable bonds is 4. The third-order valence-electron chi connectivity index (χ3n) is 3.48. The minimum absolute atomic E-state index is 0.0479. The molecule has 0 bridgehead atoms. The summed E-state index contributed by atoms with van der Waals surface area (Å²) in [6.07, 6.45) is 1.21. The Bertz CT molecular complexity index is 370. The molecule has 2 atom stereocenters. The maximum Gasteiger partial charge on any atom is 0.239 e. The van der Waals surface area contributed by atoms with Crippen LogP contribution in [0.5, 0.6) is 0 Å². The van der Waals surface area contributed by atoms with Crippen LogP contribution in [0.25, 0.3) is 0 Å². The highest BCUT2D eigenvalue weighted by Gasteiger charge is 2.38. The van der Waals surface area contributed by atoms with Crippen LogP contribution in [0.3, 0.4) is 0 Å². The molecular weight excluding hydrogens is 234 g/mol. The molecule has 18 heavy (non-hydrogen) atoms. The van der Waals surface area contributed by atoms with Crippen LogP contribution in [-0.2, 0) is 14.4 Å². The summed E-state index contributed by atoms with van der Waals surface area (Å²) in [5.41, 5.74) is 0. The van der Waals surface area contributed by atoms with Crippen molar-refractivity contribution in [3.8, 4) is 0 Å². The maximum atomic E-state index is 11.8. The monoisotopic (exact) mass is 253 g/mol. The number of carbonyl (C=O) groups excluding carboxylic acids is 3. The van der Waals surface area contributed by atoms with E-state index in [1.54, 1.807) is 0 Å². The van der Waals surface area contributed by atoms with Crippen LogP contribution in [0.2, 0.25) is 0 Å².